The van der Waals surface area contributed by atoms with Crippen molar-refractivity contribution in [1.29, 1.82) is 0 Å². The smallest absolute Gasteiger partial charge is 0.327 e. The van der Waals surface area contributed by atoms with Gasteiger partial charge in [0.1, 0.15) is 60.4 Å². The van der Waals surface area contributed by atoms with Gasteiger partial charge in [0.25, 0.3) is 0 Å². The maximum atomic E-state index is 15.1. The van der Waals surface area contributed by atoms with Crippen molar-refractivity contribution in [3.63, 3.8) is 0 Å². The Labute approximate surface area is 517 Å². The van der Waals surface area contributed by atoms with E-state index in [1.165, 1.54) is 101 Å². The standard InChI is InChI=1S/C62H109N11O14/c1-24-42-58(83)67(17)32-47(74)68(18)43(28-33(2)3)55(80)66-49(37(10)11)61(86)69(19)44(29-34(4)5)54(79)63-40(15)53(78)64-41(16)57(82)70(20)45(30-35(6)7)59(84)71(21)46(31-36(8)9)60(85)72(22)50(38(12)13)62(87)73(23)51(56(81)65-42)52(77)39(14)26-25-27-48(75)76/h25,27,33-46,49-52,77H,24,26,28-32H2,1-23H3,(H,63,79)(H,64,78)(H,65,81)(H,66,80)(H,75,76)/b27-25+/t39?,40-,41+,42-,43-,44-,45-,46-,49-,50-,51-,52?/m0/s1. The maximum Gasteiger partial charge on any atom is 0.327 e. The van der Waals surface area contributed by atoms with Crippen LogP contribution in [0.2, 0.25) is 0 Å². The molecule has 1 aliphatic heterocycles. The minimum atomic E-state index is -1.76. The zero-order valence-electron chi connectivity index (χ0n) is 56.4. The molecule has 1 rings (SSSR count). The van der Waals surface area contributed by atoms with Crippen molar-refractivity contribution < 1.29 is 67.7 Å². The topological polar surface area (TPSA) is 316 Å². The molecule has 25 nitrogen and oxygen atoms in total. The lowest BCUT2D eigenvalue weighted by molar-refractivity contribution is -0.157. The summed E-state index contributed by atoms with van der Waals surface area (Å²) in [5.74, 6) is -12.0. The Bertz CT molecular complexity index is 2430. The lowest BCUT2D eigenvalue weighted by Crippen LogP contribution is -2.63. The molecule has 496 valence electrons. The highest BCUT2D eigenvalue weighted by molar-refractivity contribution is 5.99. The molecular weight excluding hydrogens is 1120 g/mol. The number of hydrogen-bond donors (Lipinski definition) is 6. The number of carboxylic acid groups (broad SMARTS) is 1. The molecule has 1 fully saturated rings. The number of allylic oxidation sites excluding steroid dienone is 1. The summed E-state index contributed by atoms with van der Waals surface area (Å²) in [5, 5.41) is 32.3. The predicted molar refractivity (Wildman–Crippen MR) is 330 cm³/mol. The van der Waals surface area contributed by atoms with Gasteiger partial charge < -0.3 is 65.8 Å². The summed E-state index contributed by atoms with van der Waals surface area (Å²) in [6, 6.07) is -12.9. The van der Waals surface area contributed by atoms with Crippen molar-refractivity contribution >= 4 is 70.9 Å². The SMILES string of the molecule is CC[C@@H]1NC(=O)[C@H](C(O)C(C)C/C=C/C(=O)O)N(C)C(=O)[C@H](C(C)C)N(C)C(=O)[C@H](CC(C)C)N(C)C(=O)[C@H](CC(C)C)N(C)C(=O)[C@@H](C)NC(=O)[C@H](C)NC(=O)[C@H](CC(C)C)N(C)C(=O)[C@H](C(C)C)NC(=O)[C@H](CC(C)C)N(C)C(=O)CN(C)C1=O. The molecule has 0 aromatic carbocycles. The van der Waals surface area contributed by atoms with Crippen molar-refractivity contribution in [2.24, 2.45) is 41.4 Å². The number of rotatable bonds is 16. The Balaban J connectivity index is 4.35. The van der Waals surface area contributed by atoms with Crippen molar-refractivity contribution in [1.82, 2.24) is 55.6 Å². The highest BCUT2D eigenvalue weighted by Crippen LogP contribution is 2.26. The number of likely N-dealkylation sites (N-methyl/N-ethyl adjacent to an activating group) is 7. The molecule has 0 saturated carbocycles. The summed E-state index contributed by atoms with van der Waals surface area (Å²) in [4.78, 5) is 180. The molecule has 6 N–H and O–H groups in total. The molecule has 0 aromatic rings. The molecule has 12 atom stereocenters. The Morgan fingerprint density at radius 2 is 0.897 bits per heavy atom. The van der Waals surface area contributed by atoms with E-state index in [-0.39, 0.29) is 62.2 Å². The second-order valence-electron chi connectivity index (χ2n) is 26.3. The Kier molecular flexibility index (Phi) is 31.8. The third-order valence-corrected chi connectivity index (χ3v) is 16.1. The van der Waals surface area contributed by atoms with E-state index in [1.54, 1.807) is 34.6 Å². The molecule has 11 amide bonds. The number of carboxylic acids is 1. The van der Waals surface area contributed by atoms with Crippen LogP contribution in [0.4, 0.5) is 0 Å². The van der Waals surface area contributed by atoms with Crippen molar-refractivity contribution in [3.05, 3.63) is 12.2 Å². The highest BCUT2D eigenvalue weighted by atomic mass is 16.4. The van der Waals surface area contributed by atoms with Crippen molar-refractivity contribution in [3.8, 4) is 0 Å². The fourth-order valence-corrected chi connectivity index (χ4v) is 10.7. The van der Waals surface area contributed by atoms with E-state index < -0.39 is 162 Å². The Morgan fingerprint density at radius 3 is 1.34 bits per heavy atom. The second kappa shape index (κ2) is 35.4. The molecule has 0 aliphatic carbocycles. The number of nitrogens with zero attached hydrogens (tertiary/aromatic N) is 7. The molecule has 1 saturated heterocycles. The van der Waals surface area contributed by atoms with Crippen LogP contribution < -0.4 is 21.3 Å². The molecule has 0 bridgehead atoms. The second-order valence-corrected chi connectivity index (χ2v) is 26.3. The zero-order valence-corrected chi connectivity index (χ0v) is 56.4. The number of aliphatic hydroxyl groups is 1. The first-order chi connectivity index (χ1) is 40.1. The largest absolute Gasteiger partial charge is 0.478 e. The zero-order chi connectivity index (χ0) is 67.6. The molecule has 2 unspecified atom stereocenters. The van der Waals surface area contributed by atoms with Gasteiger partial charge >= 0.3 is 5.97 Å². The average molecular weight is 1230 g/mol. The molecule has 87 heavy (non-hydrogen) atoms. The summed E-state index contributed by atoms with van der Waals surface area (Å²) >= 11 is 0. The summed E-state index contributed by atoms with van der Waals surface area (Å²) in [5.41, 5.74) is 0. The van der Waals surface area contributed by atoms with Gasteiger partial charge in [-0.2, -0.15) is 0 Å². The fraction of sp³-hybridized carbons (Fsp3) is 0.774. The number of hydrogen-bond acceptors (Lipinski definition) is 13. The minimum absolute atomic E-state index is 0.0438. The number of carbonyl (C=O) groups excluding carboxylic acids is 11. The minimum Gasteiger partial charge on any atom is -0.478 e. The van der Waals surface area contributed by atoms with Crippen LogP contribution in [0.15, 0.2) is 12.2 Å². The third-order valence-electron chi connectivity index (χ3n) is 16.1. The van der Waals surface area contributed by atoms with Crippen LogP contribution in [0.25, 0.3) is 0 Å². The molecule has 1 heterocycles. The monoisotopic (exact) mass is 1230 g/mol. The van der Waals surface area contributed by atoms with Gasteiger partial charge in [-0.15, -0.1) is 0 Å². The van der Waals surface area contributed by atoms with E-state index in [9.17, 15) is 58.2 Å². The van der Waals surface area contributed by atoms with Crippen LogP contribution in [0.3, 0.4) is 0 Å². The van der Waals surface area contributed by atoms with Gasteiger partial charge in [0.2, 0.25) is 65.0 Å². The Hall–Kier alpha value is -6.66. The van der Waals surface area contributed by atoms with Gasteiger partial charge in [-0.3, -0.25) is 52.7 Å². The van der Waals surface area contributed by atoms with Crippen LogP contribution in [0.5, 0.6) is 0 Å². The van der Waals surface area contributed by atoms with Crippen LogP contribution in [-0.2, 0) is 57.5 Å². The normalized spacial score (nSPS) is 26.5. The van der Waals surface area contributed by atoms with Crippen LogP contribution in [0, 0.1) is 41.4 Å². The number of aliphatic hydroxyl groups excluding tert-OH is 1. The summed E-state index contributed by atoms with van der Waals surface area (Å²) in [7, 11) is 9.63. The molecule has 0 spiro atoms. The van der Waals surface area contributed by atoms with Crippen LogP contribution in [-0.4, -0.2) is 238 Å². The summed E-state index contributed by atoms with van der Waals surface area (Å²) < 4.78 is 0. The number of nitrogens with one attached hydrogen (secondary N) is 4. The van der Waals surface area contributed by atoms with Crippen molar-refractivity contribution in [2.45, 2.75) is 216 Å². The van der Waals surface area contributed by atoms with E-state index in [2.05, 4.69) is 21.3 Å². The fourth-order valence-electron chi connectivity index (χ4n) is 10.7. The average Bonchev–Trinajstić information content (AvgIpc) is 1.19. The molecular formula is C62H109N11O14. The highest BCUT2D eigenvalue weighted by Gasteiger charge is 2.46. The lowest BCUT2D eigenvalue weighted by Gasteiger charge is -2.41. The van der Waals surface area contributed by atoms with Crippen LogP contribution >= 0.6 is 0 Å². The predicted octanol–water partition coefficient (Wildman–Crippen LogP) is 2.33. The van der Waals surface area contributed by atoms with Gasteiger partial charge in [-0.1, -0.05) is 103 Å². The lowest BCUT2D eigenvalue weighted by atomic mass is 9.91. The van der Waals surface area contributed by atoms with E-state index in [0.29, 0.717) is 0 Å². The summed E-state index contributed by atoms with van der Waals surface area (Å²) in [6.07, 6.45) is 0.834. The number of amides is 11. The molecule has 25 heteroatoms. The van der Waals surface area contributed by atoms with Gasteiger partial charge in [0.05, 0.1) is 12.6 Å². The quantitative estimate of drug-likeness (QED) is 0.121. The maximum absolute atomic E-state index is 15.1. The van der Waals surface area contributed by atoms with Gasteiger partial charge in [-0.05, 0) is 93.8 Å². The van der Waals surface area contributed by atoms with Crippen molar-refractivity contribution in [2.75, 3.05) is 55.9 Å². The van der Waals surface area contributed by atoms with E-state index >= 15 is 9.59 Å². The van der Waals surface area contributed by atoms with E-state index in [4.69, 9.17) is 0 Å². The third kappa shape index (κ3) is 22.5. The number of carbonyl (C=O) groups is 12. The van der Waals surface area contributed by atoms with Gasteiger partial charge in [0.15, 0.2) is 0 Å². The first-order valence-electron chi connectivity index (χ1n) is 30.7. The Morgan fingerprint density at radius 1 is 0.483 bits per heavy atom. The summed E-state index contributed by atoms with van der Waals surface area (Å²) in [6.45, 7) is 26.9. The first-order valence-corrected chi connectivity index (χ1v) is 30.7. The van der Waals surface area contributed by atoms with Gasteiger partial charge in [-0.25, -0.2) is 4.79 Å². The van der Waals surface area contributed by atoms with E-state index in [1.807, 2.05) is 55.4 Å². The van der Waals surface area contributed by atoms with Gasteiger partial charge in [0, 0.05) is 55.4 Å². The molecule has 1 aliphatic rings. The van der Waals surface area contributed by atoms with Crippen LogP contribution in [0.1, 0.15) is 149 Å². The molecule has 0 aromatic heterocycles. The number of aliphatic carboxylic acids is 1. The first kappa shape index (κ1) is 78.4. The molecule has 0 radical (unpaired) electrons. The van der Waals surface area contributed by atoms with E-state index in [0.717, 1.165) is 15.9 Å².